The van der Waals surface area contributed by atoms with Crippen LogP contribution >= 0.6 is 0 Å². The molecule has 0 aromatic heterocycles. The molecule has 1 unspecified atom stereocenters. The summed E-state index contributed by atoms with van der Waals surface area (Å²) in [6, 6.07) is 9.67. The second-order valence-corrected chi connectivity index (χ2v) is 5.28. The molecule has 0 saturated carbocycles. The normalized spacial score (nSPS) is 17.0. The van der Waals surface area contributed by atoms with Crippen molar-refractivity contribution in [3.05, 3.63) is 70.3 Å². The third-order valence-electron chi connectivity index (χ3n) is 3.85. The number of hydrogen-bond acceptors (Lipinski definition) is 2. The van der Waals surface area contributed by atoms with Gasteiger partial charge in [-0.15, -0.1) is 0 Å². The van der Waals surface area contributed by atoms with Crippen molar-refractivity contribution in [2.24, 2.45) is 0 Å². The SMILES string of the molecule is OCc1ccc2c(c1)CCC2OCc1ccc(F)c(F)c1. The number of hydrogen-bond donors (Lipinski definition) is 1. The van der Waals surface area contributed by atoms with Gasteiger partial charge in [-0.2, -0.15) is 0 Å². The Hall–Kier alpha value is -1.78. The Balaban J connectivity index is 1.69. The van der Waals surface area contributed by atoms with E-state index in [1.165, 1.54) is 17.7 Å². The van der Waals surface area contributed by atoms with Crippen molar-refractivity contribution in [2.45, 2.75) is 32.2 Å². The molecule has 3 rings (SSSR count). The summed E-state index contributed by atoms with van der Waals surface area (Å²) in [6.07, 6.45) is 1.75. The third-order valence-corrected chi connectivity index (χ3v) is 3.85. The highest BCUT2D eigenvalue weighted by Gasteiger charge is 2.23. The summed E-state index contributed by atoms with van der Waals surface area (Å²) < 4.78 is 31.9. The zero-order valence-electron chi connectivity index (χ0n) is 11.5. The lowest BCUT2D eigenvalue weighted by Crippen LogP contribution is -2.01. The van der Waals surface area contributed by atoms with Crippen LogP contribution in [0.15, 0.2) is 36.4 Å². The topological polar surface area (TPSA) is 29.5 Å². The predicted octanol–water partition coefficient (Wildman–Crippen LogP) is 3.66. The van der Waals surface area contributed by atoms with Crippen LogP contribution in [-0.2, 0) is 24.4 Å². The van der Waals surface area contributed by atoms with Crippen LogP contribution < -0.4 is 0 Å². The fraction of sp³-hybridized carbons (Fsp3) is 0.294. The Morgan fingerprint density at radius 2 is 1.86 bits per heavy atom. The van der Waals surface area contributed by atoms with E-state index in [1.807, 2.05) is 18.2 Å². The van der Waals surface area contributed by atoms with Crippen LogP contribution in [0.25, 0.3) is 0 Å². The molecule has 0 saturated heterocycles. The van der Waals surface area contributed by atoms with Gasteiger partial charge in [0.05, 0.1) is 19.3 Å². The summed E-state index contributed by atoms with van der Waals surface area (Å²) in [6.45, 7) is 0.288. The number of aliphatic hydroxyl groups is 1. The fourth-order valence-electron chi connectivity index (χ4n) is 2.73. The smallest absolute Gasteiger partial charge is 0.159 e. The highest BCUT2D eigenvalue weighted by Crippen LogP contribution is 2.35. The number of aryl methyl sites for hydroxylation is 1. The molecular weight excluding hydrogens is 274 g/mol. The summed E-state index contributed by atoms with van der Waals surface area (Å²) >= 11 is 0. The number of halogens is 2. The third kappa shape index (κ3) is 2.96. The largest absolute Gasteiger partial charge is 0.392 e. The average Bonchev–Trinajstić information content (AvgIpc) is 2.90. The van der Waals surface area contributed by atoms with Gasteiger partial charge in [0.15, 0.2) is 11.6 Å². The second-order valence-electron chi connectivity index (χ2n) is 5.28. The van der Waals surface area contributed by atoms with E-state index in [2.05, 4.69) is 0 Å². The van der Waals surface area contributed by atoms with Crippen molar-refractivity contribution in [1.82, 2.24) is 0 Å². The molecule has 1 N–H and O–H groups in total. The van der Waals surface area contributed by atoms with Gasteiger partial charge in [0.2, 0.25) is 0 Å². The van der Waals surface area contributed by atoms with Gasteiger partial charge in [0.25, 0.3) is 0 Å². The van der Waals surface area contributed by atoms with Crippen LogP contribution in [0, 0.1) is 11.6 Å². The van der Waals surface area contributed by atoms with Gasteiger partial charge in [-0.3, -0.25) is 0 Å². The maximum atomic E-state index is 13.1. The molecule has 1 aliphatic carbocycles. The van der Waals surface area contributed by atoms with E-state index < -0.39 is 11.6 Å². The zero-order chi connectivity index (χ0) is 14.8. The predicted molar refractivity (Wildman–Crippen MR) is 74.6 cm³/mol. The first kappa shape index (κ1) is 14.2. The minimum absolute atomic E-state index is 0.0270. The molecular formula is C17H16F2O2. The molecule has 2 aromatic rings. The van der Waals surface area contributed by atoms with Gasteiger partial charge in [0.1, 0.15) is 0 Å². The Kier molecular flexibility index (Phi) is 3.99. The summed E-state index contributed by atoms with van der Waals surface area (Å²) in [5, 5.41) is 9.14. The number of aliphatic hydroxyl groups excluding tert-OH is 1. The molecule has 0 radical (unpaired) electrons. The molecule has 0 aliphatic heterocycles. The monoisotopic (exact) mass is 290 g/mol. The molecule has 2 nitrogen and oxygen atoms in total. The van der Waals surface area contributed by atoms with Gasteiger partial charge in [-0.1, -0.05) is 24.3 Å². The average molecular weight is 290 g/mol. The first-order valence-electron chi connectivity index (χ1n) is 6.95. The molecule has 4 heteroatoms. The number of ether oxygens (including phenoxy) is 1. The molecule has 0 amide bonds. The minimum atomic E-state index is -0.851. The molecule has 21 heavy (non-hydrogen) atoms. The van der Waals surface area contributed by atoms with Crippen LogP contribution in [0.1, 0.15) is 34.8 Å². The van der Waals surface area contributed by atoms with Crippen molar-refractivity contribution < 1.29 is 18.6 Å². The standard InChI is InChI=1S/C17H16F2O2/c18-15-5-2-12(8-16(15)19)10-21-17-6-3-13-7-11(9-20)1-4-14(13)17/h1-2,4-5,7-8,17,20H,3,6,9-10H2. The fourth-order valence-corrected chi connectivity index (χ4v) is 2.73. The zero-order valence-corrected chi connectivity index (χ0v) is 11.5. The maximum absolute atomic E-state index is 13.1. The lowest BCUT2D eigenvalue weighted by Gasteiger charge is -2.14. The molecule has 0 fully saturated rings. The lowest BCUT2D eigenvalue weighted by molar-refractivity contribution is 0.0409. The second kappa shape index (κ2) is 5.92. The van der Waals surface area contributed by atoms with Gasteiger partial charge < -0.3 is 9.84 Å². The van der Waals surface area contributed by atoms with Crippen molar-refractivity contribution in [2.75, 3.05) is 0 Å². The molecule has 0 heterocycles. The Labute approximate surface area is 122 Å². The van der Waals surface area contributed by atoms with Gasteiger partial charge in [0, 0.05) is 0 Å². The van der Waals surface area contributed by atoms with E-state index in [0.29, 0.717) is 5.56 Å². The molecule has 0 bridgehead atoms. The quantitative estimate of drug-likeness (QED) is 0.931. The van der Waals surface area contributed by atoms with E-state index in [4.69, 9.17) is 9.84 Å². The maximum Gasteiger partial charge on any atom is 0.159 e. The van der Waals surface area contributed by atoms with E-state index in [-0.39, 0.29) is 19.3 Å². The summed E-state index contributed by atoms with van der Waals surface area (Å²) in [5.74, 6) is -1.70. The van der Waals surface area contributed by atoms with Crippen LogP contribution in [0.3, 0.4) is 0 Å². The summed E-state index contributed by atoms with van der Waals surface area (Å²) in [7, 11) is 0. The summed E-state index contributed by atoms with van der Waals surface area (Å²) in [4.78, 5) is 0. The number of benzene rings is 2. The lowest BCUT2D eigenvalue weighted by atomic mass is 10.1. The van der Waals surface area contributed by atoms with Crippen LogP contribution in [-0.4, -0.2) is 5.11 Å². The molecule has 1 atom stereocenters. The van der Waals surface area contributed by atoms with Crippen LogP contribution in [0.5, 0.6) is 0 Å². The Morgan fingerprint density at radius 1 is 1.05 bits per heavy atom. The van der Waals surface area contributed by atoms with E-state index in [9.17, 15) is 8.78 Å². The van der Waals surface area contributed by atoms with Crippen molar-refractivity contribution in [3.8, 4) is 0 Å². The number of rotatable bonds is 4. The van der Waals surface area contributed by atoms with E-state index >= 15 is 0 Å². The van der Waals surface area contributed by atoms with Crippen molar-refractivity contribution >= 4 is 0 Å². The van der Waals surface area contributed by atoms with Crippen LogP contribution in [0.2, 0.25) is 0 Å². The Bertz CT molecular complexity index is 655. The minimum Gasteiger partial charge on any atom is -0.392 e. The molecule has 2 aromatic carbocycles. The first-order chi connectivity index (χ1) is 10.2. The van der Waals surface area contributed by atoms with E-state index in [0.717, 1.165) is 30.0 Å². The number of fused-ring (bicyclic) bond motifs is 1. The van der Waals surface area contributed by atoms with Gasteiger partial charge >= 0.3 is 0 Å². The van der Waals surface area contributed by atoms with Gasteiger partial charge in [-0.25, -0.2) is 8.78 Å². The molecule has 110 valence electrons. The highest BCUT2D eigenvalue weighted by molar-refractivity contribution is 5.37. The first-order valence-corrected chi connectivity index (χ1v) is 6.95. The molecule has 1 aliphatic rings. The van der Waals surface area contributed by atoms with Crippen LogP contribution in [0.4, 0.5) is 8.78 Å². The van der Waals surface area contributed by atoms with Gasteiger partial charge in [-0.05, 0) is 47.2 Å². The summed E-state index contributed by atoms with van der Waals surface area (Å²) in [5.41, 5.74) is 3.83. The van der Waals surface area contributed by atoms with Crippen molar-refractivity contribution in [1.29, 1.82) is 0 Å². The Morgan fingerprint density at radius 3 is 2.62 bits per heavy atom. The molecule has 0 spiro atoms. The van der Waals surface area contributed by atoms with E-state index in [1.54, 1.807) is 0 Å². The van der Waals surface area contributed by atoms with Crippen molar-refractivity contribution in [3.63, 3.8) is 0 Å². The highest BCUT2D eigenvalue weighted by atomic mass is 19.2.